The fourth-order valence-electron chi connectivity index (χ4n) is 6.49. The zero-order valence-corrected chi connectivity index (χ0v) is 15.5. The Morgan fingerprint density at radius 1 is 1.28 bits per heavy atom. The zero-order chi connectivity index (χ0) is 16.8. The molecular formula is C19H20BBrN2O2. The standard InChI is InChI=1S/C19H20BBrN2O2/c21-19-5-10-3-11(6-19)16(12(4-10)7-19)14-8-20(24)25-15-9-23-18-13(17(14)15)1-2-22-18/h1-2,8-12,16,24H,3-7H2,(H,22,23)/t10-,11-,12+,16-,19-. The highest BCUT2D eigenvalue weighted by molar-refractivity contribution is 9.10. The van der Waals surface area contributed by atoms with Crippen LogP contribution in [0.5, 0.6) is 5.75 Å². The molecule has 6 heteroatoms. The topological polar surface area (TPSA) is 58.1 Å². The Balaban J connectivity index is 1.52. The van der Waals surface area contributed by atoms with Crippen molar-refractivity contribution in [3.8, 4) is 5.75 Å². The van der Waals surface area contributed by atoms with Gasteiger partial charge < -0.3 is 14.7 Å². The highest BCUT2D eigenvalue weighted by atomic mass is 79.9. The number of allylic oxidation sites excluding steroid dienone is 1. The van der Waals surface area contributed by atoms with Crippen LogP contribution in [0, 0.1) is 23.7 Å². The molecule has 7 rings (SSSR count). The molecule has 1 aliphatic heterocycles. The first-order valence-electron chi connectivity index (χ1n) is 9.31. The molecule has 128 valence electrons. The van der Waals surface area contributed by atoms with Crippen molar-refractivity contribution in [3.05, 3.63) is 30.0 Å². The number of rotatable bonds is 1. The van der Waals surface area contributed by atoms with Crippen LogP contribution in [-0.4, -0.2) is 26.4 Å². The number of aromatic nitrogens is 2. The number of fused-ring (bicyclic) bond motifs is 3. The molecule has 4 aliphatic carbocycles. The first-order valence-corrected chi connectivity index (χ1v) is 10.1. The lowest BCUT2D eigenvalue weighted by molar-refractivity contribution is 0.00742. The summed E-state index contributed by atoms with van der Waals surface area (Å²) in [5.74, 6) is 5.50. The molecule has 2 N–H and O–H groups in total. The fourth-order valence-corrected chi connectivity index (χ4v) is 7.78. The SMILES string of the molecule is OB1C=C([C@@H]2[C@@H]3C[C@@H]4C[C@H]2C[C@@](Br)(C4)C3)c2c(cnc3[nH]ccc23)O1. The summed E-state index contributed by atoms with van der Waals surface area (Å²) >= 11 is 4.08. The maximum Gasteiger partial charge on any atom is 0.552 e. The summed E-state index contributed by atoms with van der Waals surface area (Å²) in [5, 5.41) is 11.4. The molecule has 4 nitrogen and oxygen atoms in total. The van der Waals surface area contributed by atoms with Crippen LogP contribution in [0.1, 0.15) is 37.7 Å². The van der Waals surface area contributed by atoms with Crippen LogP contribution in [0.15, 0.2) is 24.4 Å². The molecule has 5 atom stereocenters. The molecule has 3 heterocycles. The van der Waals surface area contributed by atoms with Crippen molar-refractivity contribution in [2.24, 2.45) is 23.7 Å². The Bertz CT molecular complexity index is 894. The summed E-state index contributed by atoms with van der Waals surface area (Å²) in [5.41, 5.74) is 3.34. The smallest absolute Gasteiger partial charge is 0.531 e. The van der Waals surface area contributed by atoms with Gasteiger partial charge in [0.25, 0.3) is 0 Å². The number of aromatic amines is 1. The van der Waals surface area contributed by atoms with Crippen molar-refractivity contribution in [3.63, 3.8) is 0 Å². The van der Waals surface area contributed by atoms with E-state index < -0.39 is 7.12 Å². The van der Waals surface area contributed by atoms with Gasteiger partial charge in [0.2, 0.25) is 0 Å². The Labute approximate surface area is 155 Å². The van der Waals surface area contributed by atoms with E-state index >= 15 is 0 Å². The number of hydrogen-bond donors (Lipinski definition) is 2. The third-order valence-electron chi connectivity index (χ3n) is 6.97. The van der Waals surface area contributed by atoms with Crippen LogP contribution in [0.25, 0.3) is 16.6 Å². The summed E-state index contributed by atoms with van der Waals surface area (Å²) in [7, 11) is -0.865. The fraction of sp³-hybridized carbons (Fsp3) is 0.526. The highest BCUT2D eigenvalue weighted by Crippen LogP contribution is 2.64. The van der Waals surface area contributed by atoms with Gasteiger partial charge in [0.1, 0.15) is 11.4 Å². The molecule has 2 aromatic heterocycles. The van der Waals surface area contributed by atoms with Crippen molar-refractivity contribution in [2.75, 3.05) is 0 Å². The second-order valence-electron chi connectivity index (χ2n) is 8.51. The number of pyridine rings is 1. The van der Waals surface area contributed by atoms with Crippen LogP contribution in [0.4, 0.5) is 0 Å². The minimum atomic E-state index is -0.865. The van der Waals surface area contributed by atoms with E-state index in [1.165, 1.54) is 37.7 Å². The quantitative estimate of drug-likeness (QED) is 0.564. The molecule has 0 unspecified atom stereocenters. The van der Waals surface area contributed by atoms with Gasteiger partial charge in [-0.3, -0.25) is 0 Å². The first kappa shape index (κ1) is 14.9. The molecule has 0 spiro atoms. The van der Waals surface area contributed by atoms with Crippen molar-refractivity contribution >= 4 is 39.7 Å². The van der Waals surface area contributed by atoms with Crippen LogP contribution in [-0.2, 0) is 0 Å². The van der Waals surface area contributed by atoms with Crippen molar-refractivity contribution in [2.45, 2.75) is 36.4 Å². The summed E-state index contributed by atoms with van der Waals surface area (Å²) in [4.78, 5) is 7.66. The van der Waals surface area contributed by atoms with Crippen LogP contribution in [0.3, 0.4) is 0 Å². The van der Waals surface area contributed by atoms with Gasteiger partial charge in [-0.2, -0.15) is 0 Å². The summed E-state index contributed by atoms with van der Waals surface area (Å²) in [6.45, 7) is 0. The molecule has 4 fully saturated rings. The van der Waals surface area contributed by atoms with Gasteiger partial charge in [0, 0.05) is 21.5 Å². The van der Waals surface area contributed by atoms with E-state index in [2.05, 4.69) is 32.0 Å². The van der Waals surface area contributed by atoms with Crippen molar-refractivity contribution in [1.82, 2.24) is 9.97 Å². The van der Waals surface area contributed by atoms with Gasteiger partial charge in [-0.15, -0.1) is 0 Å². The molecule has 0 radical (unpaired) electrons. The molecule has 0 aromatic carbocycles. The Kier molecular flexibility index (Phi) is 2.92. The van der Waals surface area contributed by atoms with E-state index in [0.717, 1.165) is 28.3 Å². The van der Waals surface area contributed by atoms with E-state index in [9.17, 15) is 5.02 Å². The maximum absolute atomic E-state index is 10.3. The number of alkyl halides is 1. The van der Waals surface area contributed by atoms with Crippen LogP contribution in [0.2, 0.25) is 0 Å². The van der Waals surface area contributed by atoms with Gasteiger partial charge in [-0.25, -0.2) is 4.98 Å². The lowest BCUT2D eigenvalue weighted by Gasteiger charge is -2.59. The minimum Gasteiger partial charge on any atom is -0.531 e. The Morgan fingerprint density at radius 3 is 2.84 bits per heavy atom. The monoisotopic (exact) mass is 398 g/mol. The molecule has 5 aliphatic rings. The summed E-state index contributed by atoms with van der Waals surface area (Å²) in [6, 6.07) is 2.08. The van der Waals surface area contributed by atoms with E-state index in [4.69, 9.17) is 4.65 Å². The minimum absolute atomic E-state index is 0.370. The number of nitrogens with zero attached hydrogens (tertiary/aromatic N) is 1. The van der Waals surface area contributed by atoms with Crippen LogP contribution < -0.4 is 4.65 Å². The third-order valence-corrected chi connectivity index (χ3v) is 7.94. The van der Waals surface area contributed by atoms with E-state index in [1.807, 2.05) is 12.2 Å². The Hall–Kier alpha value is -1.27. The average Bonchev–Trinajstić information content (AvgIpc) is 3.00. The van der Waals surface area contributed by atoms with Crippen molar-refractivity contribution in [1.29, 1.82) is 0 Å². The van der Waals surface area contributed by atoms with E-state index in [-0.39, 0.29) is 0 Å². The molecule has 4 bridgehead atoms. The molecule has 0 amide bonds. The normalized spacial score (nSPS) is 38.6. The second kappa shape index (κ2) is 4.92. The number of H-pyrrole nitrogens is 1. The molecule has 4 saturated carbocycles. The van der Waals surface area contributed by atoms with E-state index in [1.54, 1.807) is 6.20 Å². The predicted molar refractivity (Wildman–Crippen MR) is 101 cm³/mol. The van der Waals surface area contributed by atoms with Gasteiger partial charge >= 0.3 is 7.12 Å². The summed E-state index contributed by atoms with van der Waals surface area (Å²) < 4.78 is 6.07. The van der Waals surface area contributed by atoms with E-state index in [0.29, 0.717) is 22.1 Å². The molecule has 0 saturated heterocycles. The van der Waals surface area contributed by atoms with Gasteiger partial charge in [0.05, 0.1) is 6.20 Å². The number of halogens is 1. The Morgan fingerprint density at radius 2 is 2.08 bits per heavy atom. The largest absolute Gasteiger partial charge is 0.552 e. The maximum atomic E-state index is 10.3. The van der Waals surface area contributed by atoms with Crippen LogP contribution >= 0.6 is 15.9 Å². The number of hydrogen-bond acceptors (Lipinski definition) is 3. The predicted octanol–water partition coefficient (Wildman–Crippen LogP) is 3.95. The lowest BCUT2D eigenvalue weighted by Crippen LogP contribution is -2.52. The molecule has 25 heavy (non-hydrogen) atoms. The summed E-state index contributed by atoms with van der Waals surface area (Å²) in [6.07, 6.45) is 10.2. The third kappa shape index (κ3) is 2.07. The van der Waals surface area contributed by atoms with Gasteiger partial charge in [-0.1, -0.05) is 15.9 Å². The zero-order valence-electron chi connectivity index (χ0n) is 13.9. The molecular weight excluding hydrogens is 379 g/mol. The van der Waals surface area contributed by atoms with Crippen molar-refractivity contribution < 1.29 is 9.68 Å². The average molecular weight is 399 g/mol. The van der Waals surface area contributed by atoms with Gasteiger partial charge in [-0.05, 0) is 73.4 Å². The molecule has 2 aromatic rings. The lowest BCUT2D eigenvalue weighted by atomic mass is 9.49. The number of nitrogens with one attached hydrogen (secondary N) is 1. The second-order valence-corrected chi connectivity index (χ2v) is 10.2. The highest BCUT2D eigenvalue weighted by Gasteiger charge is 2.55. The first-order chi connectivity index (χ1) is 12.1. The van der Waals surface area contributed by atoms with Gasteiger partial charge in [0.15, 0.2) is 0 Å².